The van der Waals surface area contributed by atoms with Crippen molar-refractivity contribution in [3.8, 4) is 0 Å². The molecule has 0 amide bonds. The first kappa shape index (κ1) is 17.4. The molecule has 0 bridgehead atoms. The molecule has 2 N–H and O–H groups in total. The highest BCUT2D eigenvalue weighted by atomic mass is 79.9. The van der Waals surface area contributed by atoms with Crippen LogP contribution in [0.2, 0.25) is 0 Å². The largest absolute Gasteiger partial charge is 0.402 e. The molecule has 9 heteroatoms. The van der Waals surface area contributed by atoms with Crippen LogP contribution in [0.4, 0.5) is 13.2 Å². The minimum Gasteiger partial charge on any atom is -0.326 e. The summed E-state index contributed by atoms with van der Waals surface area (Å²) in [4.78, 5) is -0.208. The monoisotopic (exact) mass is 374 g/mol. The zero-order valence-electron chi connectivity index (χ0n) is 10.6. The molecule has 114 valence electrons. The maximum absolute atomic E-state index is 12.4. The maximum Gasteiger partial charge on any atom is 0.402 e. The highest BCUT2D eigenvalue weighted by Crippen LogP contribution is 2.28. The summed E-state index contributed by atoms with van der Waals surface area (Å²) in [6.45, 7) is -0.228. The topological polar surface area (TPSA) is 63.4 Å². The second-order valence-electron chi connectivity index (χ2n) is 4.02. The van der Waals surface area contributed by atoms with Crippen molar-refractivity contribution in [1.82, 2.24) is 4.31 Å². The molecule has 0 spiro atoms. The van der Waals surface area contributed by atoms with Crippen LogP contribution in [0.25, 0.3) is 0 Å². The molecular formula is C11H14BrF3N2O2S. The number of benzene rings is 1. The van der Waals surface area contributed by atoms with E-state index in [0.29, 0.717) is 9.87 Å². The van der Waals surface area contributed by atoms with Crippen LogP contribution in [0.1, 0.15) is 12.5 Å². The van der Waals surface area contributed by atoms with Gasteiger partial charge in [-0.25, -0.2) is 8.42 Å². The van der Waals surface area contributed by atoms with Crippen LogP contribution in [0.5, 0.6) is 0 Å². The normalized spacial score (nSPS) is 12.9. The SMILES string of the molecule is CCN(CC(F)(F)F)S(=O)(=O)c1ccc(CN)cc1Br. The lowest BCUT2D eigenvalue weighted by molar-refractivity contribution is -0.135. The standard InChI is InChI=1S/C11H14BrF3N2O2S/c1-2-17(7-11(13,14)15)20(18,19)10-4-3-8(6-16)5-9(10)12/h3-5H,2,6-7,16H2,1H3. The predicted molar refractivity (Wildman–Crippen MR) is 72.5 cm³/mol. The molecule has 1 rings (SSSR count). The number of hydrogen-bond donors (Lipinski definition) is 1. The molecule has 0 saturated heterocycles. The van der Waals surface area contributed by atoms with Gasteiger partial charge >= 0.3 is 6.18 Å². The molecule has 20 heavy (non-hydrogen) atoms. The van der Waals surface area contributed by atoms with E-state index >= 15 is 0 Å². The first-order valence-corrected chi connectivity index (χ1v) is 7.90. The Labute approximate surface area is 123 Å². The Kier molecular flexibility index (Phi) is 5.59. The summed E-state index contributed by atoms with van der Waals surface area (Å²) in [6.07, 6.45) is -4.59. The molecule has 1 aromatic rings. The lowest BCUT2D eigenvalue weighted by atomic mass is 10.2. The smallest absolute Gasteiger partial charge is 0.326 e. The molecule has 1 aromatic carbocycles. The fourth-order valence-electron chi connectivity index (χ4n) is 1.59. The van der Waals surface area contributed by atoms with E-state index in [1.165, 1.54) is 25.1 Å². The van der Waals surface area contributed by atoms with Gasteiger partial charge in [-0.2, -0.15) is 17.5 Å². The predicted octanol–water partition coefficient (Wildman–Crippen LogP) is 2.48. The Morgan fingerprint density at radius 2 is 1.95 bits per heavy atom. The van der Waals surface area contributed by atoms with Crippen LogP contribution in [-0.2, 0) is 16.6 Å². The molecular weight excluding hydrogens is 361 g/mol. The fourth-order valence-corrected chi connectivity index (χ4v) is 4.11. The number of halogens is 4. The van der Waals surface area contributed by atoms with E-state index in [9.17, 15) is 21.6 Å². The summed E-state index contributed by atoms with van der Waals surface area (Å²) >= 11 is 3.06. The number of nitrogens with two attached hydrogens (primary N) is 1. The van der Waals surface area contributed by atoms with E-state index in [4.69, 9.17) is 5.73 Å². The van der Waals surface area contributed by atoms with Gasteiger partial charge in [-0.3, -0.25) is 0 Å². The minimum atomic E-state index is -4.59. The fraction of sp³-hybridized carbons (Fsp3) is 0.455. The van der Waals surface area contributed by atoms with E-state index in [-0.39, 0.29) is 22.5 Å². The number of nitrogens with zero attached hydrogens (tertiary/aromatic N) is 1. The molecule has 0 aliphatic heterocycles. The van der Waals surface area contributed by atoms with Gasteiger partial charge in [-0.05, 0) is 33.6 Å². The summed E-state index contributed by atoms with van der Waals surface area (Å²) in [6, 6.07) is 4.20. The Balaban J connectivity index is 3.21. The average Bonchev–Trinajstić information content (AvgIpc) is 2.34. The molecule has 0 unspecified atom stereocenters. The Morgan fingerprint density at radius 3 is 2.35 bits per heavy atom. The van der Waals surface area contributed by atoms with Gasteiger partial charge in [0.2, 0.25) is 10.0 Å². The van der Waals surface area contributed by atoms with Gasteiger partial charge in [0, 0.05) is 17.6 Å². The van der Waals surface area contributed by atoms with Crippen LogP contribution in [-0.4, -0.2) is 32.0 Å². The molecule has 0 aliphatic carbocycles. The van der Waals surface area contributed by atoms with Crippen molar-refractivity contribution in [2.45, 2.75) is 24.5 Å². The Morgan fingerprint density at radius 1 is 1.35 bits per heavy atom. The first-order valence-electron chi connectivity index (χ1n) is 5.67. The number of alkyl halides is 3. The van der Waals surface area contributed by atoms with Crippen LogP contribution in [0.3, 0.4) is 0 Å². The summed E-state index contributed by atoms with van der Waals surface area (Å²) in [5, 5.41) is 0. The van der Waals surface area contributed by atoms with Gasteiger partial charge in [0.1, 0.15) is 6.54 Å². The molecule has 0 aliphatic rings. The Hall–Kier alpha value is -0.640. The lowest BCUT2D eigenvalue weighted by Crippen LogP contribution is -2.38. The van der Waals surface area contributed by atoms with Gasteiger partial charge in [0.15, 0.2) is 0 Å². The van der Waals surface area contributed by atoms with Crippen molar-refractivity contribution in [2.24, 2.45) is 5.73 Å². The van der Waals surface area contributed by atoms with E-state index < -0.39 is 22.7 Å². The first-order chi connectivity index (χ1) is 9.11. The molecule has 0 heterocycles. The van der Waals surface area contributed by atoms with Crippen molar-refractivity contribution in [1.29, 1.82) is 0 Å². The third-order valence-electron chi connectivity index (χ3n) is 2.56. The van der Waals surface area contributed by atoms with Crippen molar-refractivity contribution in [2.75, 3.05) is 13.1 Å². The van der Waals surface area contributed by atoms with E-state index in [2.05, 4.69) is 15.9 Å². The third-order valence-corrected chi connectivity index (χ3v) is 5.46. The Bertz CT molecular complexity index is 576. The van der Waals surface area contributed by atoms with E-state index in [0.717, 1.165) is 0 Å². The number of sulfonamides is 1. The van der Waals surface area contributed by atoms with Crippen LogP contribution >= 0.6 is 15.9 Å². The molecule has 0 radical (unpaired) electrons. The zero-order chi connectivity index (χ0) is 15.6. The van der Waals surface area contributed by atoms with Crippen molar-refractivity contribution in [3.63, 3.8) is 0 Å². The zero-order valence-corrected chi connectivity index (χ0v) is 13.0. The summed E-state index contributed by atoms with van der Waals surface area (Å²) in [7, 11) is -4.21. The highest BCUT2D eigenvalue weighted by molar-refractivity contribution is 9.10. The van der Waals surface area contributed by atoms with Gasteiger partial charge in [0.25, 0.3) is 0 Å². The second-order valence-corrected chi connectivity index (χ2v) is 6.78. The van der Waals surface area contributed by atoms with E-state index in [1.54, 1.807) is 0 Å². The summed E-state index contributed by atoms with van der Waals surface area (Å²) < 4.78 is 62.3. The third kappa shape index (κ3) is 4.18. The van der Waals surface area contributed by atoms with Crippen LogP contribution in [0.15, 0.2) is 27.6 Å². The van der Waals surface area contributed by atoms with Crippen LogP contribution < -0.4 is 5.73 Å². The lowest BCUT2D eigenvalue weighted by Gasteiger charge is -2.22. The van der Waals surface area contributed by atoms with Crippen molar-refractivity contribution < 1.29 is 21.6 Å². The maximum atomic E-state index is 12.4. The second kappa shape index (κ2) is 6.42. The quantitative estimate of drug-likeness (QED) is 0.860. The van der Waals surface area contributed by atoms with E-state index in [1.807, 2.05) is 0 Å². The van der Waals surface area contributed by atoms with Gasteiger partial charge in [0.05, 0.1) is 4.90 Å². The molecule has 4 nitrogen and oxygen atoms in total. The van der Waals surface area contributed by atoms with Gasteiger partial charge < -0.3 is 5.73 Å². The summed E-state index contributed by atoms with van der Waals surface area (Å²) in [5.74, 6) is 0. The molecule has 0 fully saturated rings. The highest BCUT2D eigenvalue weighted by Gasteiger charge is 2.36. The van der Waals surface area contributed by atoms with Gasteiger partial charge in [-0.15, -0.1) is 0 Å². The average molecular weight is 375 g/mol. The van der Waals surface area contributed by atoms with Crippen molar-refractivity contribution in [3.05, 3.63) is 28.2 Å². The molecule has 0 aromatic heterocycles. The number of rotatable bonds is 5. The minimum absolute atomic E-state index is 0.195. The summed E-state index contributed by atoms with van der Waals surface area (Å²) in [5.41, 5.74) is 6.09. The van der Waals surface area contributed by atoms with Crippen LogP contribution in [0, 0.1) is 0 Å². The molecule has 0 atom stereocenters. The van der Waals surface area contributed by atoms with Gasteiger partial charge in [-0.1, -0.05) is 13.0 Å². The van der Waals surface area contributed by atoms with Crippen molar-refractivity contribution >= 4 is 26.0 Å². The molecule has 0 saturated carbocycles. The number of hydrogen-bond acceptors (Lipinski definition) is 3.